The molecular formula is C18H24N4O2. The summed E-state index contributed by atoms with van der Waals surface area (Å²) in [7, 11) is 1.36. The maximum atomic E-state index is 11.2. The minimum atomic E-state index is -0.411. The largest absolute Gasteiger partial charge is 0.453 e. The van der Waals surface area contributed by atoms with Gasteiger partial charge in [0.2, 0.25) is 5.95 Å². The summed E-state index contributed by atoms with van der Waals surface area (Å²) in [5.41, 5.74) is 3.17. The van der Waals surface area contributed by atoms with Gasteiger partial charge in [0.05, 0.1) is 7.11 Å². The summed E-state index contributed by atoms with van der Waals surface area (Å²) in [5, 5.41) is 5.93. The third-order valence-corrected chi connectivity index (χ3v) is 3.45. The molecule has 1 amide bonds. The van der Waals surface area contributed by atoms with Crippen LogP contribution in [0.4, 0.5) is 10.7 Å². The number of nitrogens with one attached hydrogen (secondary N) is 2. The van der Waals surface area contributed by atoms with E-state index in [1.54, 1.807) is 0 Å². The molecule has 0 bridgehead atoms. The third-order valence-electron chi connectivity index (χ3n) is 3.45. The Labute approximate surface area is 142 Å². The van der Waals surface area contributed by atoms with Crippen molar-refractivity contribution in [1.82, 2.24) is 15.3 Å². The van der Waals surface area contributed by atoms with E-state index in [4.69, 9.17) is 0 Å². The number of carbonyl (C=O) groups is 1. The number of rotatable bonds is 6. The van der Waals surface area contributed by atoms with E-state index in [-0.39, 0.29) is 6.04 Å². The molecule has 6 heteroatoms. The second-order valence-electron chi connectivity index (χ2n) is 6.03. The van der Waals surface area contributed by atoms with Crippen molar-refractivity contribution in [2.75, 3.05) is 12.4 Å². The van der Waals surface area contributed by atoms with Crippen LogP contribution >= 0.6 is 0 Å². The summed E-state index contributed by atoms with van der Waals surface area (Å²) in [6.45, 7) is 6.04. The Balaban J connectivity index is 1.99. The number of benzene rings is 1. The minimum Gasteiger partial charge on any atom is -0.453 e. The Bertz CT molecular complexity index is 654. The highest BCUT2D eigenvalue weighted by molar-refractivity contribution is 5.67. The summed E-state index contributed by atoms with van der Waals surface area (Å²) >= 11 is 0. The minimum absolute atomic E-state index is 0.00743. The Morgan fingerprint density at radius 2 is 1.71 bits per heavy atom. The van der Waals surface area contributed by atoms with Crippen molar-refractivity contribution in [2.45, 2.75) is 39.3 Å². The van der Waals surface area contributed by atoms with E-state index in [0.717, 1.165) is 23.1 Å². The smallest absolute Gasteiger partial charge is 0.407 e. The average molecular weight is 328 g/mol. The first kappa shape index (κ1) is 17.7. The summed E-state index contributed by atoms with van der Waals surface area (Å²) in [6, 6.07) is 8.47. The van der Waals surface area contributed by atoms with Gasteiger partial charge in [0.25, 0.3) is 0 Å². The zero-order valence-electron chi connectivity index (χ0n) is 14.5. The van der Waals surface area contributed by atoms with Crippen molar-refractivity contribution in [2.24, 2.45) is 0 Å². The van der Waals surface area contributed by atoms with Gasteiger partial charge in [0, 0.05) is 30.0 Å². The van der Waals surface area contributed by atoms with E-state index in [0.29, 0.717) is 12.0 Å². The van der Waals surface area contributed by atoms with Crippen LogP contribution in [-0.2, 0) is 11.2 Å². The predicted octanol–water partition coefficient (Wildman–Crippen LogP) is 3.25. The zero-order valence-corrected chi connectivity index (χ0v) is 14.5. The van der Waals surface area contributed by atoms with E-state index < -0.39 is 6.09 Å². The summed E-state index contributed by atoms with van der Waals surface area (Å²) in [5.74, 6) is 0.632. The van der Waals surface area contributed by atoms with Crippen molar-refractivity contribution in [1.29, 1.82) is 0 Å². The molecule has 0 saturated heterocycles. The molecule has 128 valence electrons. The average Bonchev–Trinajstić information content (AvgIpc) is 2.55. The topological polar surface area (TPSA) is 76.1 Å². The lowest BCUT2D eigenvalue weighted by atomic mass is 10.0. The van der Waals surface area contributed by atoms with Gasteiger partial charge >= 0.3 is 6.09 Å². The van der Waals surface area contributed by atoms with Crippen LogP contribution in [0.5, 0.6) is 0 Å². The highest BCUT2D eigenvalue weighted by atomic mass is 16.5. The van der Waals surface area contributed by atoms with Crippen LogP contribution in [0.3, 0.4) is 0 Å². The van der Waals surface area contributed by atoms with E-state index in [9.17, 15) is 4.79 Å². The maximum absolute atomic E-state index is 11.2. The van der Waals surface area contributed by atoms with Gasteiger partial charge in [-0.15, -0.1) is 0 Å². The molecular weight excluding hydrogens is 304 g/mol. The number of alkyl carbamates (subject to hydrolysis) is 1. The number of hydrogen-bond donors (Lipinski definition) is 2. The second-order valence-corrected chi connectivity index (χ2v) is 6.03. The van der Waals surface area contributed by atoms with Gasteiger partial charge < -0.3 is 15.4 Å². The highest BCUT2D eigenvalue weighted by Crippen LogP contribution is 2.19. The van der Waals surface area contributed by atoms with Crippen LogP contribution in [0, 0.1) is 0 Å². The van der Waals surface area contributed by atoms with Crippen molar-refractivity contribution in [3.8, 4) is 11.1 Å². The second kappa shape index (κ2) is 8.29. The Kier molecular flexibility index (Phi) is 6.12. The summed E-state index contributed by atoms with van der Waals surface area (Å²) in [4.78, 5) is 19.8. The van der Waals surface area contributed by atoms with Gasteiger partial charge in [-0.05, 0) is 38.3 Å². The van der Waals surface area contributed by atoms with Gasteiger partial charge in [-0.3, -0.25) is 0 Å². The molecule has 24 heavy (non-hydrogen) atoms. The number of carbonyl (C=O) groups excluding carboxylic acids is 1. The number of nitrogens with zero attached hydrogens (tertiary/aromatic N) is 2. The number of aromatic nitrogens is 2. The SMILES string of the molecule is COC(=O)NC(C)Cc1ccc(-c2cnc(NC(C)C)nc2)cc1. The molecule has 2 aromatic rings. The van der Waals surface area contributed by atoms with Crippen molar-refractivity contribution >= 4 is 12.0 Å². The van der Waals surface area contributed by atoms with Gasteiger partial charge in [-0.1, -0.05) is 24.3 Å². The predicted molar refractivity (Wildman–Crippen MR) is 94.9 cm³/mol. The first-order valence-corrected chi connectivity index (χ1v) is 8.00. The number of ether oxygens (including phenoxy) is 1. The Morgan fingerprint density at radius 1 is 1.08 bits per heavy atom. The van der Waals surface area contributed by atoms with E-state index in [1.165, 1.54) is 7.11 Å². The van der Waals surface area contributed by atoms with Gasteiger partial charge in [0.1, 0.15) is 0 Å². The van der Waals surface area contributed by atoms with Crippen molar-refractivity contribution in [3.05, 3.63) is 42.2 Å². The molecule has 0 saturated carbocycles. The molecule has 2 N–H and O–H groups in total. The van der Waals surface area contributed by atoms with E-state index in [1.807, 2.05) is 57.4 Å². The van der Waals surface area contributed by atoms with Crippen LogP contribution in [0.1, 0.15) is 26.3 Å². The molecule has 2 rings (SSSR count). The number of amides is 1. The fourth-order valence-corrected chi connectivity index (χ4v) is 2.31. The molecule has 1 aromatic heterocycles. The molecule has 6 nitrogen and oxygen atoms in total. The van der Waals surface area contributed by atoms with Crippen LogP contribution < -0.4 is 10.6 Å². The van der Waals surface area contributed by atoms with E-state index >= 15 is 0 Å². The van der Waals surface area contributed by atoms with Crippen molar-refractivity contribution in [3.63, 3.8) is 0 Å². The highest BCUT2D eigenvalue weighted by Gasteiger charge is 2.08. The Morgan fingerprint density at radius 3 is 2.25 bits per heavy atom. The van der Waals surface area contributed by atoms with Crippen LogP contribution in [0.2, 0.25) is 0 Å². The zero-order chi connectivity index (χ0) is 17.5. The fraction of sp³-hybridized carbons (Fsp3) is 0.389. The first-order chi connectivity index (χ1) is 11.5. The van der Waals surface area contributed by atoms with Crippen LogP contribution in [0.15, 0.2) is 36.7 Å². The van der Waals surface area contributed by atoms with E-state index in [2.05, 4.69) is 25.3 Å². The molecule has 0 spiro atoms. The van der Waals surface area contributed by atoms with Crippen LogP contribution in [0.25, 0.3) is 11.1 Å². The quantitative estimate of drug-likeness (QED) is 0.851. The third kappa shape index (κ3) is 5.22. The molecule has 1 unspecified atom stereocenters. The summed E-state index contributed by atoms with van der Waals surface area (Å²) < 4.78 is 4.60. The van der Waals surface area contributed by atoms with Gasteiger partial charge in [0.15, 0.2) is 0 Å². The lowest BCUT2D eigenvalue weighted by Crippen LogP contribution is -2.33. The lowest BCUT2D eigenvalue weighted by Gasteiger charge is -2.13. The number of methoxy groups -OCH3 is 1. The first-order valence-electron chi connectivity index (χ1n) is 8.00. The molecule has 0 aliphatic rings. The normalized spacial score (nSPS) is 11.9. The van der Waals surface area contributed by atoms with Gasteiger partial charge in [-0.2, -0.15) is 0 Å². The molecule has 1 atom stereocenters. The standard InChI is InChI=1S/C18H24N4O2/c1-12(2)21-17-19-10-16(11-20-17)15-7-5-14(6-8-15)9-13(3)22-18(23)24-4/h5-8,10-13H,9H2,1-4H3,(H,22,23)(H,19,20,21). The van der Waals surface area contributed by atoms with Crippen molar-refractivity contribution < 1.29 is 9.53 Å². The number of hydrogen-bond acceptors (Lipinski definition) is 5. The molecule has 0 radical (unpaired) electrons. The monoisotopic (exact) mass is 328 g/mol. The fourth-order valence-electron chi connectivity index (χ4n) is 2.31. The Hall–Kier alpha value is -2.63. The molecule has 0 aliphatic heterocycles. The summed E-state index contributed by atoms with van der Waals surface area (Å²) in [6.07, 6.45) is 3.96. The maximum Gasteiger partial charge on any atom is 0.407 e. The molecule has 0 aliphatic carbocycles. The number of anilines is 1. The van der Waals surface area contributed by atoms with Gasteiger partial charge in [-0.25, -0.2) is 14.8 Å². The lowest BCUT2D eigenvalue weighted by molar-refractivity contribution is 0.167. The molecule has 1 aromatic carbocycles. The molecule has 1 heterocycles. The van der Waals surface area contributed by atoms with Crippen LogP contribution in [-0.4, -0.2) is 35.3 Å². The molecule has 0 fully saturated rings.